The van der Waals surface area contributed by atoms with E-state index in [-0.39, 0.29) is 5.82 Å². The minimum Gasteiger partial charge on any atom is -0.496 e. The molecule has 1 N–H and O–H groups in total. The fourth-order valence-electron chi connectivity index (χ4n) is 2.94. The monoisotopic (exact) mass is 281 g/mol. The third-order valence-electron chi connectivity index (χ3n) is 3.97. The number of benzene rings is 1. The van der Waals surface area contributed by atoms with Crippen molar-refractivity contribution in [2.24, 2.45) is 5.92 Å². The molecule has 112 valence electrons. The first-order valence-electron chi connectivity index (χ1n) is 7.23. The zero-order valence-electron chi connectivity index (χ0n) is 12.5. The van der Waals surface area contributed by atoms with Crippen molar-refractivity contribution in [2.75, 3.05) is 26.7 Å². The maximum absolute atomic E-state index is 13.5. The number of piperidine rings is 1. The number of halogens is 1. The molecule has 1 heterocycles. The van der Waals surface area contributed by atoms with Gasteiger partial charge in [0.05, 0.1) is 12.7 Å². The third-order valence-corrected chi connectivity index (χ3v) is 3.97. The summed E-state index contributed by atoms with van der Waals surface area (Å²) in [5.41, 5.74) is -0.412. The van der Waals surface area contributed by atoms with E-state index in [0.717, 1.165) is 19.6 Å². The molecule has 0 aromatic heterocycles. The normalized spacial score (nSPS) is 19.3. The Bertz CT molecular complexity index is 454. The SMILES string of the molecule is COc1ccc(F)cc1C1(O)CCN(CC(C)C)CC1. The van der Waals surface area contributed by atoms with Crippen LogP contribution in [-0.4, -0.2) is 36.8 Å². The molecule has 0 atom stereocenters. The zero-order valence-corrected chi connectivity index (χ0v) is 12.5. The highest BCUT2D eigenvalue weighted by Crippen LogP contribution is 2.38. The molecule has 1 aliphatic heterocycles. The van der Waals surface area contributed by atoms with E-state index in [1.54, 1.807) is 13.2 Å². The summed E-state index contributed by atoms with van der Waals surface area (Å²) < 4.78 is 18.7. The summed E-state index contributed by atoms with van der Waals surface area (Å²) in [5.74, 6) is 0.843. The van der Waals surface area contributed by atoms with Gasteiger partial charge in [-0.05, 0) is 37.0 Å². The topological polar surface area (TPSA) is 32.7 Å². The fourth-order valence-corrected chi connectivity index (χ4v) is 2.94. The van der Waals surface area contributed by atoms with Crippen LogP contribution in [-0.2, 0) is 5.60 Å². The van der Waals surface area contributed by atoms with Gasteiger partial charge >= 0.3 is 0 Å². The van der Waals surface area contributed by atoms with E-state index in [1.165, 1.54) is 12.1 Å². The Balaban J connectivity index is 2.15. The van der Waals surface area contributed by atoms with Gasteiger partial charge in [0.1, 0.15) is 11.6 Å². The van der Waals surface area contributed by atoms with Crippen molar-refractivity contribution in [3.8, 4) is 5.75 Å². The number of hydrogen-bond donors (Lipinski definition) is 1. The van der Waals surface area contributed by atoms with Crippen LogP contribution in [0.5, 0.6) is 5.75 Å². The van der Waals surface area contributed by atoms with Crippen LogP contribution in [0.1, 0.15) is 32.3 Å². The number of hydrogen-bond acceptors (Lipinski definition) is 3. The predicted octanol–water partition coefficient (Wildman–Crippen LogP) is 2.77. The molecule has 3 nitrogen and oxygen atoms in total. The van der Waals surface area contributed by atoms with Crippen molar-refractivity contribution < 1.29 is 14.2 Å². The van der Waals surface area contributed by atoms with Crippen LogP contribution in [0.3, 0.4) is 0 Å². The van der Waals surface area contributed by atoms with Gasteiger partial charge in [0, 0.05) is 25.2 Å². The van der Waals surface area contributed by atoms with Crippen molar-refractivity contribution >= 4 is 0 Å². The molecule has 1 aromatic rings. The van der Waals surface area contributed by atoms with Gasteiger partial charge in [0.2, 0.25) is 0 Å². The smallest absolute Gasteiger partial charge is 0.125 e. The maximum atomic E-state index is 13.5. The molecule has 4 heteroatoms. The molecule has 0 aliphatic carbocycles. The number of likely N-dealkylation sites (tertiary alicyclic amines) is 1. The molecule has 0 unspecified atom stereocenters. The maximum Gasteiger partial charge on any atom is 0.125 e. The van der Waals surface area contributed by atoms with Crippen LogP contribution in [0.15, 0.2) is 18.2 Å². The summed E-state index contributed by atoms with van der Waals surface area (Å²) in [4.78, 5) is 2.35. The summed E-state index contributed by atoms with van der Waals surface area (Å²) in [6.07, 6.45) is 1.22. The third kappa shape index (κ3) is 3.30. The lowest BCUT2D eigenvalue weighted by atomic mass is 9.83. The first kappa shape index (κ1) is 15.3. The number of aliphatic hydroxyl groups is 1. The Morgan fingerprint density at radius 3 is 2.55 bits per heavy atom. The number of methoxy groups -OCH3 is 1. The quantitative estimate of drug-likeness (QED) is 0.921. The average Bonchev–Trinajstić information content (AvgIpc) is 2.41. The van der Waals surface area contributed by atoms with E-state index in [9.17, 15) is 9.50 Å². The molecule has 1 saturated heterocycles. The first-order valence-corrected chi connectivity index (χ1v) is 7.23. The van der Waals surface area contributed by atoms with Crippen LogP contribution in [0, 0.1) is 11.7 Å². The number of nitrogens with zero attached hydrogens (tertiary/aromatic N) is 1. The van der Waals surface area contributed by atoms with Crippen LogP contribution in [0.4, 0.5) is 4.39 Å². The van der Waals surface area contributed by atoms with Crippen LogP contribution >= 0.6 is 0 Å². The van der Waals surface area contributed by atoms with Gasteiger partial charge in [-0.25, -0.2) is 4.39 Å². The highest BCUT2D eigenvalue weighted by molar-refractivity contribution is 5.39. The van der Waals surface area contributed by atoms with Gasteiger partial charge in [-0.3, -0.25) is 0 Å². The molecule has 0 bridgehead atoms. The van der Waals surface area contributed by atoms with Gasteiger partial charge in [-0.15, -0.1) is 0 Å². The van der Waals surface area contributed by atoms with E-state index in [2.05, 4.69) is 18.7 Å². The van der Waals surface area contributed by atoms with E-state index in [4.69, 9.17) is 4.74 Å². The average molecular weight is 281 g/mol. The van der Waals surface area contributed by atoms with Gasteiger partial charge in [0.25, 0.3) is 0 Å². The second kappa shape index (κ2) is 6.10. The largest absolute Gasteiger partial charge is 0.496 e. The van der Waals surface area contributed by atoms with Gasteiger partial charge in [-0.1, -0.05) is 13.8 Å². The van der Waals surface area contributed by atoms with E-state index >= 15 is 0 Å². The molecule has 0 amide bonds. The van der Waals surface area contributed by atoms with E-state index in [1.807, 2.05) is 0 Å². The summed E-state index contributed by atoms with van der Waals surface area (Å²) in [7, 11) is 1.55. The molecular formula is C16H24FNO2. The first-order chi connectivity index (χ1) is 9.44. The van der Waals surface area contributed by atoms with Gasteiger partial charge < -0.3 is 14.7 Å². The fraction of sp³-hybridized carbons (Fsp3) is 0.625. The lowest BCUT2D eigenvalue weighted by Crippen LogP contribution is -2.43. The molecule has 0 spiro atoms. The van der Waals surface area contributed by atoms with Gasteiger partial charge in [0.15, 0.2) is 0 Å². The zero-order chi connectivity index (χ0) is 14.8. The van der Waals surface area contributed by atoms with Crippen LogP contribution < -0.4 is 4.74 Å². The molecular weight excluding hydrogens is 257 g/mol. The molecule has 20 heavy (non-hydrogen) atoms. The standard InChI is InChI=1S/C16H24FNO2/c1-12(2)11-18-8-6-16(19,7-9-18)14-10-13(17)4-5-15(14)20-3/h4-5,10,12,19H,6-9,11H2,1-3H3. The van der Waals surface area contributed by atoms with E-state index < -0.39 is 5.60 Å². The molecule has 0 radical (unpaired) electrons. The summed E-state index contributed by atoms with van der Waals surface area (Å²) >= 11 is 0. The minimum atomic E-state index is -0.985. The number of rotatable bonds is 4. The van der Waals surface area contributed by atoms with Crippen molar-refractivity contribution in [3.05, 3.63) is 29.6 Å². The summed E-state index contributed by atoms with van der Waals surface area (Å²) in [6.45, 7) is 7.08. The summed E-state index contributed by atoms with van der Waals surface area (Å²) in [6, 6.07) is 4.35. The van der Waals surface area contributed by atoms with Crippen molar-refractivity contribution in [3.63, 3.8) is 0 Å². The van der Waals surface area contributed by atoms with Crippen molar-refractivity contribution in [1.29, 1.82) is 0 Å². The predicted molar refractivity (Wildman–Crippen MR) is 77.4 cm³/mol. The Hall–Kier alpha value is -1.13. The Labute approximate surface area is 120 Å². The lowest BCUT2D eigenvalue weighted by Gasteiger charge is -2.39. The second-order valence-electron chi connectivity index (χ2n) is 6.07. The molecule has 0 saturated carbocycles. The van der Waals surface area contributed by atoms with E-state index in [0.29, 0.717) is 30.1 Å². The highest BCUT2D eigenvalue weighted by Gasteiger charge is 2.36. The molecule has 1 aromatic carbocycles. The molecule has 1 fully saturated rings. The van der Waals surface area contributed by atoms with Crippen LogP contribution in [0.25, 0.3) is 0 Å². The van der Waals surface area contributed by atoms with Crippen molar-refractivity contribution in [2.45, 2.75) is 32.3 Å². The van der Waals surface area contributed by atoms with Crippen LogP contribution in [0.2, 0.25) is 0 Å². The Morgan fingerprint density at radius 2 is 2.00 bits per heavy atom. The second-order valence-corrected chi connectivity index (χ2v) is 6.07. The minimum absolute atomic E-state index is 0.334. The van der Waals surface area contributed by atoms with Crippen molar-refractivity contribution in [1.82, 2.24) is 4.90 Å². The molecule has 2 rings (SSSR count). The lowest BCUT2D eigenvalue weighted by molar-refractivity contribution is -0.0296. The highest BCUT2D eigenvalue weighted by atomic mass is 19.1. The summed E-state index contributed by atoms with van der Waals surface area (Å²) in [5, 5.41) is 10.9. The number of ether oxygens (including phenoxy) is 1. The molecule has 1 aliphatic rings. The van der Waals surface area contributed by atoms with Gasteiger partial charge in [-0.2, -0.15) is 0 Å². The Morgan fingerprint density at radius 1 is 1.35 bits per heavy atom. The Kier molecular flexibility index (Phi) is 4.66.